The third-order valence-electron chi connectivity index (χ3n) is 4.74. The van der Waals surface area contributed by atoms with Gasteiger partial charge in [0.05, 0.1) is 11.6 Å². The maximum Gasteiger partial charge on any atom is 0.225 e. The van der Waals surface area contributed by atoms with Gasteiger partial charge < -0.3 is 10.2 Å². The first-order chi connectivity index (χ1) is 11.2. The van der Waals surface area contributed by atoms with E-state index in [1.54, 1.807) is 11.0 Å². The van der Waals surface area contributed by atoms with Crippen LogP contribution in [0, 0.1) is 5.92 Å². The molecule has 3 rings (SSSR count). The average Bonchev–Trinajstić information content (AvgIpc) is 3.12. The van der Waals surface area contributed by atoms with Gasteiger partial charge in [-0.1, -0.05) is 6.08 Å². The maximum absolute atomic E-state index is 12.2. The van der Waals surface area contributed by atoms with Gasteiger partial charge in [0.2, 0.25) is 11.8 Å². The summed E-state index contributed by atoms with van der Waals surface area (Å²) in [5.74, 6) is -0.240. The number of aromatic amines is 1. The number of nitrogens with zero attached hydrogens (tertiary/aromatic N) is 2. The lowest BCUT2D eigenvalue weighted by Gasteiger charge is -2.14. The molecule has 0 radical (unpaired) electrons. The summed E-state index contributed by atoms with van der Waals surface area (Å²) in [7, 11) is 0. The molecule has 0 aromatic carbocycles. The van der Waals surface area contributed by atoms with Gasteiger partial charge in [0, 0.05) is 38.2 Å². The molecule has 1 aromatic rings. The van der Waals surface area contributed by atoms with Crippen LogP contribution in [0.5, 0.6) is 0 Å². The van der Waals surface area contributed by atoms with Crippen molar-refractivity contribution in [1.29, 1.82) is 0 Å². The Kier molecular flexibility index (Phi) is 4.79. The Morgan fingerprint density at radius 3 is 3.09 bits per heavy atom. The first-order valence-electron chi connectivity index (χ1n) is 8.40. The van der Waals surface area contributed by atoms with Crippen molar-refractivity contribution in [2.45, 2.75) is 38.5 Å². The Morgan fingerprint density at radius 2 is 2.26 bits per heavy atom. The van der Waals surface area contributed by atoms with Crippen LogP contribution in [0.25, 0.3) is 0 Å². The van der Waals surface area contributed by atoms with Crippen LogP contribution in [0.4, 0.5) is 0 Å². The number of hydrogen-bond acceptors (Lipinski definition) is 3. The fourth-order valence-electron chi connectivity index (χ4n) is 3.48. The number of fused-ring (bicyclic) bond motifs is 1. The molecule has 2 heterocycles. The summed E-state index contributed by atoms with van der Waals surface area (Å²) in [5.41, 5.74) is 3.69. The lowest BCUT2D eigenvalue weighted by molar-refractivity contribution is -0.128. The summed E-state index contributed by atoms with van der Waals surface area (Å²) in [4.78, 5) is 25.7. The van der Waals surface area contributed by atoms with Crippen LogP contribution in [-0.4, -0.2) is 46.5 Å². The predicted molar refractivity (Wildman–Crippen MR) is 86.8 cm³/mol. The first-order valence-corrected chi connectivity index (χ1v) is 8.40. The van der Waals surface area contributed by atoms with Gasteiger partial charge in [-0.3, -0.25) is 14.7 Å². The van der Waals surface area contributed by atoms with Crippen molar-refractivity contribution in [3.8, 4) is 0 Å². The molecule has 1 saturated heterocycles. The maximum atomic E-state index is 12.2. The van der Waals surface area contributed by atoms with Crippen molar-refractivity contribution in [3.63, 3.8) is 0 Å². The normalized spacial score (nSPS) is 20.4. The molecule has 1 aromatic heterocycles. The van der Waals surface area contributed by atoms with E-state index in [4.69, 9.17) is 0 Å². The Bertz CT molecular complexity index is 608. The zero-order chi connectivity index (χ0) is 16.2. The summed E-state index contributed by atoms with van der Waals surface area (Å²) in [6.07, 6.45) is 7.35. The van der Waals surface area contributed by atoms with E-state index in [1.165, 1.54) is 24.1 Å². The predicted octanol–water partition coefficient (Wildman–Crippen LogP) is 0.982. The highest BCUT2D eigenvalue weighted by molar-refractivity contribution is 5.89. The number of hydrogen-bond donors (Lipinski definition) is 2. The number of likely N-dealkylation sites (tertiary alicyclic amines) is 1. The molecular formula is C17H24N4O2. The number of H-pyrrole nitrogens is 1. The molecule has 2 aliphatic rings. The van der Waals surface area contributed by atoms with Crippen LogP contribution >= 0.6 is 0 Å². The van der Waals surface area contributed by atoms with Crippen LogP contribution in [0.15, 0.2) is 12.7 Å². The minimum Gasteiger partial charge on any atom is -0.355 e. The number of aryl methyl sites for hydroxylation is 1. The van der Waals surface area contributed by atoms with E-state index in [1.807, 2.05) is 0 Å². The van der Waals surface area contributed by atoms with Gasteiger partial charge in [-0.25, -0.2) is 0 Å². The van der Waals surface area contributed by atoms with E-state index < -0.39 is 0 Å². The second-order valence-electron chi connectivity index (χ2n) is 6.36. The molecule has 124 valence electrons. The molecule has 0 spiro atoms. The molecule has 0 bridgehead atoms. The van der Waals surface area contributed by atoms with Gasteiger partial charge in [0.1, 0.15) is 0 Å². The van der Waals surface area contributed by atoms with Crippen LogP contribution in [-0.2, 0) is 28.9 Å². The molecule has 6 nitrogen and oxygen atoms in total. The van der Waals surface area contributed by atoms with Crippen LogP contribution in [0.2, 0.25) is 0 Å². The van der Waals surface area contributed by atoms with Crippen LogP contribution < -0.4 is 5.32 Å². The summed E-state index contributed by atoms with van der Waals surface area (Å²) >= 11 is 0. The second kappa shape index (κ2) is 6.98. The Labute approximate surface area is 136 Å². The minimum atomic E-state index is -0.240. The number of amides is 2. The van der Waals surface area contributed by atoms with Gasteiger partial charge in [0.25, 0.3) is 0 Å². The third kappa shape index (κ3) is 3.46. The van der Waals surface area contributed by atoms with Crippen molar-refractivity contribution in [3.05, 3.63) is 29.6 Å². The van der Waals surface area contributed by atoms with E-state index in [0.717, 1.165) is 25.0 Å². The standard InChI is InChI=1S/C17H24N4O2/c1-2-9-21-11-12(10-16(21)22)17(23)18-8-7-15-13-5-3-4-6-14(13)19-20-15/h2,12H,1,3-11H2,(H,18,23)(H,19,20)/t12-/m1/s1. The van der Waals surface area contributed by atoms with Crippen LogP contribution in [0.1, 0.15) is 36.2 Å². The van der Waals surface area contributed by atoms with E-state index in [0.29, 0.717) is 26.1 Å². The molecule has 1 aliphatic carbocycles. The molecule has 6 heteroatoms. The second-order valence-corrected chi connectivity index (χ2v) is 6.36. The largest absolute Gasteiger partial charge is 0.355 e. The number of carbonyl (C=O) groups excluding carboxylic acids is 2. The molecule has 0 saturated carbocycles. The Hall–Kier alpha value is -2.11. The van der Waals surface area contributed by atoms with Gasteiger partial charge in [0.15, 0.2) is 0 Å². The van der Waals surface area contributed by atoms with E-state index in [-0.39, 0.29) is 17.7 Å². The molecule has 2 N–H and O–H groups in total. The summed E-state index contributed by atoms with van der Waals surface area (Å²) in [6, 6.07) is 0. The van der Waals surface area contributed by atoms with Gasteiger partial charge in [-0.15, -0.1) is 6.58 Å². The first kappa shape index (κ1) is 15.8. The highest BCUT2D eigenvalue weighted by atomic mass is 16.2. The van der Waals surface area contributed by atoms with E-state index in [9.17, 15) is 9.59 Å². The molecule has 1 fully saturated rings. The van der Waals surface area contributed by atoms with E-state index >= 15 is 0 Å². The highest BCUT2D eigenvalue weighted by Gasteiger charge is 2.33. The van der Waals surface area contributed by atoms with Gasteiger partial charge in [-0.05, 0) is 31.2 Å². The number of rotatable bonds is 6. The minimum absolute atomic E-state index is 0.0330. The fourth-order valence-corrected chi connectivity index (χ4v) is 3.48. The molecule has 1 atom stereocenters. The Balaban J connectivity index is 1.47. The molecule has 23 heavy (non-hydrogen) atoms. The monoisotopic (exact) mass is 316 g/mol. The topological polar surface area (TPSA) is 78.1 Å². The zero-order valence-electron chi connectivity index (χ0n) is 13.4. The van der Waals surface area contributed by atoms with Crippen LogP contribution in [0.3, 0.4) is 0 Å². The quantitative estimate of drug-likeness (QED) is 0.768. The molecule has 1 aliphatic heterocycles. The lowest BCUT2D eigenvalue weighted by atomic mass is 9.95. The SMILES string of the molecule is C=CCN1C[C@H](C(=O)NCCc2n[nH]c3c2CCCC3)CC1=O. The molecule has 2 amide bonds. The Morgan fingerprint density at radius 1 is 1.43 bits per heavy atom. The fraction of sp³-hybridized carbons (Fsp3) is 0.588. The van der Waals surface area contributed by atoms with Crippen molar-refractivity contribution >= 4 is 11.8 Å². The summed E-state index contributed by atoms with van der Waals surface area (Å²) in [5, 5.41) is 10.5. The molecular weight excluding hydrogens is 292 g/mol. The average molecular weight is 316 g/mol. The third-order valence-corrected chi connectivity index (χ3v) is 4.74. The van der Waals surface area contributed by atoms with Crippen molar-refractivity contribution in [1.82, 2.24) is 20.4 Å². The van der Waals surface area contributed by atoms with Crippen molar-refractivity contribution < 1.29 is 9.59 Å². The zero-order valence-corrected chi connectivity index (χ0v) is 13.4. The number of nitrogens with one attached hydrogen (secondary N) is 2. The van der Waals surface area contributed by atoms with Crippen molar-refractivity contribution in [2.75, 3.05) is 19.6 Å². The smallest absolute Gasteiger partial charge is 0.225 e. The van der Waals surface area contributed by atoms with Gasteiger partial charge in [-0.2, -0.15) is 5.10 Å². The highest BCUT2D eigenvalue weighted by Crippen LogP contribution is 2.22. The van der Waals surface area contributed by atoms with Gasteiger partial charge >= 0.3 is 0 Å². The summed E-state index contributed by atoms with van der Waals surface area (Å²) in [6.45, 7) is 5.22. The molecule has 0 unspecified atom stereocenters. The van der Waals surface area contributed by atoms with E-state index in [2.05, 4.69) is 22.1 Å². The van der Waals surface area contributed by atoms with Crippen molar-refractivity contribution in [2.24, 2.45) is 5.92 Å². The number of aromatic nitrogens is 2. The summed E-state index contributed by atoms with van der Waals surface area (Å²) < 4.78 is 0. The number of carbonyl (C=O) groups is 2. The lowest BCUT2D eigenvalue weighted by Crippen LogP contribution is -2.34.